The van der Waals surface area contributed by atoms with Gasteiger partial charge in [0.1, 0.15) is 10.4 Å². The molecule has 0 spiro atoms. The van der Waals surface area contributed by atoms with Gasteiger partial charge in [0.2, 0.25) is 0 Å². The zero-order valence-electron chi connectivity index (χ0n) is 7.80. The van der Waals surface area contributed by atoms with Crippen molar-refractivity contribution in [2.45, 2.75) is 19.4 Å². The van der Waals surface area contributed by atoms with Crippen molar-refractivity contribution in [2.24, 2.45) is 0 Å². The molecule has 1 amide bonds. The van der Waals surface area contributed by atoms with Crippen molar-refractivity contribution >= 4 is 28.8 Å². The van der Waals surface area contributed by atoms with Crippen LogP contribution in [0.5, 0.6) is 0 Å². The summed E-state index contributed by atoms with van der Waals surface area (Å²) in [5.74, 6) is -0.309. The highest BCUT2D eigenvalue weighted by molar-refractivity contribution is 7.12. The Hall–Kier alpha value is -1.05. The molecule has 1 rings (SSSR count). The molecule has 5 heteroatoms. The van der Waals surface area contributed by atoms with Gasteiger partial charge in [0.05, 0.1) is 11.1 Å². The molecular formula is C9H9ClN2OS. The normalized spacial score (nSPS) is 10.7. The maximum absolute atomic E-state index is 11.6. The number of halogens is 1. The molecule has 74 valence electrons. The SMILES string of the molecule is CC(C)(C#N)NC(=O)c1sccc1Cl. The summed E-state index contributed by atoms with van der Waals surface area (Å²) in [5, 5.41) is 13.4. The minimum Gasteiger partial charge on any atom is -0.333 e. The number of amides is 1. The molecule has 3 nitrogen and oxygen atoms in total. The molecule has 1 heterocycles. The van der Waals surface area contributed by atoms with Crippen LogP contribution in [-0.2, 0) is 0 Å². The van der Waals surface area contributed by atoms with Crippen LogP contribution in [0.25, 0.3) is 0 Å². The largest absolute Gasteiger partial charge is 0.333 e. The van der Waals surface area contributed by atoms with Crippen LogP contribution in [-0.4, -0.2) is 11.4 Å². The van der Waals surface area contributed by atoms with Crippen molar-refractivity contribution in [1.82, 2.24) is 5.32 Å². The molecule has 0 radical (unpaired) electrons. The summed E-state index contributed by atoms with van der Waals surface area (Å²) in [6, 6.07) is 3.64. The third-order valence-corrected chi connectivity index (χ3v) is 2.87. The Kier molecular flexibility index (Phi) is 3.14. The smallest absolute Gasteiger partial charge is 0.264 e. The quantitative estimate of drug-likeness (QED) is 0.845. The first-order chi connectivity index (χ1) is 6.46. The number of nitriles is 1. The van der Waals surface area contributed by atoms with Gasteiger partial charge >= 0.3 is 0 Å². The van der Waals surface area contributed by atoms with E-state index in [0.717, 1.165) is 0 Å². The number of carbonyl (C=O) groups is 1. The molecule has 0 saturated heterocycles. The van der Waals surface area contributed by atoms with E-state index in [9.17, 15) is 4.79 Å². The molecule has 0 aliphatic heterocycles. The van der Waals surface area contributed by atoms with E-state index >= 15 is 0 Å². The van der Waals surface area contributed by atoms with E-state index in [4.69, 9.17) is 16.9 Å². The number of carbonyl (C=O) groups excluding carboxylic acids is 1. The molecule has 0 atom stereocenters. The number of nitrogens with one attached hydrogen (secondary N) is 1. The van der Waals surface area contributed by atoms with Gasteiger partial charge < -0.3 is 5.32 Å². The van der Waals surface area contributed by atoms with Crippen LogP contribution >= 0.6 is 22.9 Å². The lowest BCUT2D eigenvalue weighted by Gasteiger charge is -2.16. The summed E-state index contributed by atoms with van der Waals surface area (Å²) in [7, 11) is 0. The highest BCUT2D eigenvalue weighted by Gasteiger charge is 2.22. The minimum absolute atomic E-state index is 0.309. The van der Waals surface area contributed by atoms with Gasteiger partial charge in [-0.15, -0.1) is 11.3 Å². The van der Waals surface area contributed by atoms with Crippen molar-refractivity contribution < 1.29 is 4.79 Å². The first-order valence-electron chi connectivity index (χ1n) is 3.93. The highest BCUT2D eigenvalue weighted by Crippen LogP contribution is 2.22. The first-order valence-corrected chi connectivity index (χ1v) is 5.19. The molecule has 0 aliphatic rings. The molecule has 0 aliphatic carbocycles. The van der Waals surface area contributed by atoms with E-state index in [1.807, 2.05) is 6.07 Å². The molecular weight excluding hydrogens is 220 g/mol. The minimum atomic E-state index is -0.871. The van der Waals surface area contributed by atoms with Crippen molar-refractivity contribution in [3.63, 3.8) is 0 Å². The van der Waals surface area contributed by atoms with Gasteiger partial charge in [-0.2, -0.15) is 5.26 Å². The number of hydrogen-bond acceptors (Lipinski definition) is 3. The molecule has 0 aromatic carbocycles. The Labute approximate surface area is 91.3 Å². The summed E-state index contributed by atoms with van der Waals surface area (Å²) >= 11 is 7.03. The monoisotopic (exact) mass is 228 g/mol. The van der Waals surface area contributed by atoms with Gasteiger partial charge in [-0.3, -0.25) is 4.79 Å². The van der Waals surface area contributed by atoms with Gasteiger partial charge in [0.15, 0.2) is 0 Å². The molecule has 0 unspecified atom stereocenters. The second-order valence-corrected chi connectivity index (χ2v) is 4.61. The van der Waals surface area contributed by atoms with Gasteiger partial charge in [0.25, 0.3) is 5.91 Å². The fourth-order valence-corrected chi connectivity index (χ4v) is 1.86. The molecule has 0 saturated carbocycles. The predicted molar refractivity (Wildman–Crippen MR) is 56.5 cm³/mol. The third-order valence-electron chi connectivity index (χ3n) is 1.53. The zero-order valence-corrected chi connectivity index (χ0v) is 9.37. The predicted octanol–water partition coefficient (Wildman–Crippen LogP) is 2.43. The highest BCUT2D eigenvalue weighted by atomic mass is 35.5. The standard InChI is InChI=1S/C9H9ClN2OS/c1-9(2,5-11)12-8(13)7-6(10)3-4-14-7/h3-4H,1-2H3,(H,12,13). The Morgan fingerprint density at radius 1 is 1.71 bits per heavy atom. The van der Waals surface area contributed by atoms with Gasteiger partial charge in [-0.05, 0) is 25.3 Å². The van der Waals surface area contributed by atoms with E-state index in [1.165, 1.54) is 11.3 Å². The zero-order chi connectivity index (χ0) is 10.8. The molecule has 0 fully saturated rings. The maximum Gasteiger partial charge on any atom is 0.264 e. The molecule has 14 heavy (non-hydrogen) atoms. The summed E-state index contributed by atoms with van der Waals surface area (Å²) < 4.78 is 0. The van der Waals surface area contributed by atoms with E-state index in [2.05, 4.69) is 5.32 Å². The van der Waals surface area contributed by atoms with Crippen LogP contribution in [0.1, 0.15) is 23.5 Å². The summed E-state index contributed by atoms with van der Waals surface area (Å²) in [5.41, 5.74) is -0.871. The summed E-state index contributed by atoms with van der Waals surface area (Å²) in [6.45, 7) is 3.26. The second-order valence-electron chi connectivity index (χ2n) is 3.29. The fourth-order valence-electron chi connectivity index (χ4n) is 0.824. The van der Waals surface area contributed by atoms with Crippen LogP contribution in [0.4, 0.5) is 0 Å². The lowest BCUT2D eigenvalue weighted by atomic mass is 10.1. The third kappa shape index (κ3) is 2.47. The average molecular weight is 229 g/mol. The van der Waals surface area contributed by atoms with Crippen LogP contribution in [0.15, 0.2) is 11.4 Å². The molecule has 1 N–H and O–H groups in total. The van der Waals surface area contributed by atoms with E-state index in [0.29, 0.717) is 9.90 Å². The van der Waals surface area contributed by atoms with Crippen molar-refractivity contribution in [3.8, 4) is 6.07 Å². The van der Waals surface area contributed by atoms with Crippen molar-refractivity contribution in [2.75, 3.05) is 0 Å². The van der Waals surface area contributed by atoms with Crippen molar-refractivity contribution in [3.05, 3.63) is 21.3 Å². The number of nitrogens with zero attached hydrogens (tertiary/aromatic N) is 1. The maximum atomic E-state index is 11.6. The average Bonchev–Trinajstić information content (AvgIpc) is 2.51. The Balaban J connectivity index is 2.80. The summed E-state index contributed by atoms with van der Waals surface area (Å²) in [4.78, 5) is 12.0. The number of hydrogen-bond donors (Lipinski definition) is 1. The van der Waals surface area contributed by atoms with E-state index < -0.39 is 5.54 Å². The molecule has 1 aromatic rings. The lowest BCUT2D eigenvalue weighted by molar-refractivity contribution is 0.0933. The molecule has 1 aromatic heterocycles. The summed E-state index contributed by atoms with van der Waals surface area (Å²) in [6.07, 6.45) is 0. The number of thiophene rings is 1. The van der Waals surface area contributed by atoms with E-state index in [-0.39, 0.29) is 5.91 Å². The van der Waals surface area contributed by atoms with Gasteiger partial charge in [-0.1, -0.05) is 11.6 Å². The first kappa shape index (κ1) is 11.0. The fraction of sp³-hybridized carbons (Fsp3) is 0.333. The lowest BCUT2D eigenvalue weighted by Crippen LogP contribution is -2.41. The van der Waals surface area contributed by atoms with E-state index in [1.54, 1.807) is 25.3 Å². The van der Waals surface area contributed by atoms with Crippen LogP contribution in [0.3, 0.4) is 0 Å². The second kappa shape index (κ2) is 3.99. The van der Waals surface area contributed by atoms with Crippen LogP contribution in [0, 0.1) is 11.3 Å². The topological polar surface area (TPSA) is 52.9 Å². The Morgan fingerprint density at radius 3 is 2.79 bits per heavy atom. The van der Waals surface area contributed by atoms with Crippen molar-refractivity contribution in [1.29, 1.82) is 5.26 Å². The Morgan fingerprint density at radius 2 is 2.36 bits per heavy atom. The molecule has 0 bridgehead atoms. The van der Waals surface area contributed by atoms with Crippen LogP contribution in [0.2, 0.25) is 5.02 Å². The van der Waals surface area contributed by atoms with Gasteiger partial charge in [0, 0.05) is 0 Å². The number of rotatable bonds is 2. The van der Waals surface area contributed by atoms with Gasteiger partial charge in [-0.25, -0.2) is 0 Å². The van der Waals surface area contributed by atoms with Crippen LogP contribution < -0.4 is 5.32 Å². The Bertz CT molecular complexity index is 392.